The van der Waals surface area contributed by atoms with Gasteiger partial charge in [0.25, 0.3) is 5.91 Å². The Morgan fingerprint density at radius 3 is 2.62 bits per heavy atom. The predicted octanol–water partition coefficient (Wildman–Crippen LogP) is 3.49. The number of carbonyl (C=O) groups is 2. The second kappa shape index (κ2) is 10.1. The van der Waals surface area contributed by atoms with Gasteiger partial charge in [0.2, 0.25) is 0 Å². The number of anilines is 1. The summed E-state index contributed by atoms with van der Waals surface area (Å²) >= 11 is 0. The van der Waals surface area contributed by atoms with Gasteiger partial charge in [0.1, 0.15) is 30.5 Å². The van der Waals surface area contributed by atoms with Gasteiger partial charge in [0, 0.05) is 30.3 Å². The molecule has 0 saturated heterocycles. The van der Waals surface area contributed by atoms with Crippen molar-refractivity contribution in [3.8, 4) is 17.6 Å². The number of carbonyl (C=O) groups excluding carboxylic acids is 2. The molecule has 9 heteroatoms. The molecule has 2 aromatic rings. The lowest BCUT2D eigenvalue weighted by Crippen LogP contribution is -2.35. The van der Waals surface area contributed by atoms with Crippen LogP contribution in [0.3, 0.4) is 0 Å². The summed E-state index contributed by atoms with van der Waals surface area (Å²) in [5.41, 5.74) is 3.71. The SMILES string of the molecule is CCOc1cc2c(cc1C(=O)NC)C(=N)N(CC(=O)c1cc3c(c(C(C)(C)C)c1)OCCN3CC#N)C2. The van der Waals surface area contributed by atoms with Crippen LogP contribution >= 0.6 is 0 Å². The number of amidine groups is 1. The third-order valence-electron chi connectivity index (χ3n) is 6.65. The molecule has 37 heavy (non-hydrogen) atoms. The highest BCUT2D eigenvalue weighted by Gasteiger charge is 2.32. The zero-order chi connectivity index (χ0) is 26.9. The molecule has 0 aromatic heterocycles. The molecule has 0 bridgehead atoms. The lowest BCUT2D eigenvalue weighted by Gasteiger charge is -2.34. The molecular formula is C28H33N5O4. The fraction of sp³-hybridized carbons (Fsp3) is 0.429. The standard InChI is InChI=1S/C28H33N5O4/c1-6-36-24-13-18-15-33(26(30)19(18)14-20(24)27(35)31-5)16-23(34)17-11-21(28(2,3)4)25-22(12-17)32(8-7-29)9-10-37-25/h11-14,30H,6,8-10,15-16H2,1-5H3,(H,31,35). The molecule has 0 radical (unpaired) electrons. The number of ketones is 1. The van der Waals surface area contributed by atoms with E-state index >= 15 is 0 Å². The van der Waals surface area contributed by atoms with Crippen LogP contribution < -0.4 is 19.7 Å². The zero-order valence-electron chi connectivity index (χ0n) is 22.0. The Morgan fingerprint density at radius 2 is 1.97 bits per heavy atom. The molecule has 0 saturated carbocycles. The maximum Gasteiger partial charge on any atom is 0.254 e. The number of amides is 1. The minimum absolute atomic E-state index is 0.00820. The van der Waals surface area contributed by atoms with Crippen LogP contribution in [0.15, 0.2) is 24.3 Å². The molecule has 0 fully saturated rings. The van der Waals surface area contributed by atoms with Gasteiger partial charge in [0.15, 0.2) is 5.78 Å². The van der Waals surface area contributed by atoms with Gasteiger partial charge >= 0.3 is 0 Å². The van der Waals surface area contributed by atoms with E-state index in [1.165, 1.54) is 0 Å². The molecule has 1 amide bonds. The largest absolute Gasteiger partial charge is 0.493 e. The van der Waals surface area contributed by atoms with Crippen LogP contribution in [-0.4, -0.2) is 62.3 Å². The summed E-state index contributed by atoms with van der Waals surface area (Å²) in [6.45, 7) is 10.1. The lowest BCUT2D eigenvalue weighted by molar-refractivity contribution is 0.0953. The van der Waals surface area contributed by atoms with Crippen LogP contribution in [0.4, 0.5) is 5.69 Å². The van der Waals surface area contributed by atoms with E-state index in [4.69, 9.17) is 14.9 Å². The third-order valence-corrected chi connectivity index (χ3v) is 6.65. The normalized spacial score (nSPS) is 14.4. The van der Waals surface area contributed by atoms with Gasteiger partial charge in [-0.15, -0.1) is 0 Å². The number of benzene rings is 2. The van der Waals surface area contributed by atoms with E-state index < -0.39 is 0 Å². The molecule has 9 nitrogen and oxygen atoms in total. The lowest BCUT2D eigenvalue weighted by atomic mass is 9.84. The van der Waals surface area contributed by atoms with Gasteiger partial charge in [0.05, 0.1) is 37.0 Å². The Labute approximate surface area is 217 Å². The number of nitrogens with one attached hydrogen (secondary N) is 2. The Morgan fingerprint density at radius 1 is 1.22 bits per heavy atom. The van der Waals surface area contributed by atoms with Crippen molar-refractivity contribution in [2.24, 2.45) is 0 Å². The summed E-state index contributed by atoms with van der Waals surface area (Å²) in [5, 5.41) is 20.7. The van der Waals surface area contributed by atoms with Crippen LogP contribution in [0.25, 0.3) is 0 Å². The minimum atomic E-state index is -0.290. The quantitative estimate of drug-likeness (QED) is 0.439. The predicted molar refractivity (Wildman–Crippen MR) is 141 cm³/mol. The number of ether oxygens (including phenoxy) is 2. The van der Waals surface area contributed by atoms with Gasteiger partial charge in [-0.25, -0.2) is 0 Å². The highest BCUT2D eigenvalue weighted by Crippen LogP contribution is 2.42. The van der Waals surface area contributed by atoms with Crippen LogP contribution in [0.5, 0.6) is 11.5 Å². The fourth-order valence-electron chi connectivity index (χ4n) is 4.76. The topological polar surface area (TPSA) is 119 Å². The van der Waals surface area contributed by atoms with Crippen LogP contribution in [0, 0.1) is 16.7 Å². The van der Waals surface area contributed by atoms with E-state index in [0.29, 0.717) is 48.7 Å². The molecule has 194 valence electrons. The minimum Gasteiger partial charge on any atom is -0.493 e. The van der Waals surface area contributed by atoms with Crippen molar-refractivity contribution in [3.05, 3.63) is 52.1 Å². The summed E-state index contributed by atoms with van der Waals surface area (Å²) in [6, 6.07) is 9.33. The summed E-state index contributed by atoms with van der Waals surface area (Å²) in [5.74, 6) is 0.951. The summed E-state index contributed by atoms with van der Waals surface area (Å²) in [4.78, 5) is 29.6. The van der Waals surface area contributed by atoms with Crippen molar-refractivity contribution in [2.45, 2.75) is 39.7 Å². The smallest absolute Gasteiger partial charge is 0.254 e. The first-order valence-corrected chi connectivity index (χ1v) is 12.4. The monoisotopic (exact) mass is 503 g/mol. The van der Waals surface area contributed by atoms with Crippen LogP contribution in [0.1, 0.15) is 65.1 Å². The van der Waals surface area contributed by atoms with Crippen molar-refractivity contribution in [2.75, 3.05) is 44.8 Å². The molecule has 0 atom stereocenters. The first-order chi connectivity index (χ1) is 17.6. The summed E-state index contributed by atoms with van der Waals surface area (Å²) < 4.78 is 11.7. The number of Topliss-reactive ketones (excluding diaryl/α,β-unsaturated/α-hetero) is 1. The molecule has 4 rings (SSSR count). The van der Waals surface area contributed by atoms with Crippen molar-refractivity contribution in [3.63, 3.8) is 0 Å². The number of hydrogen-bond acceptors (Lipinski definition) is 7. The van der Waals surface area contributed by atoms with Gasteiger partial charge in [-0.2, -0.15) is 5.26 Å². The van der Waals surface area contributed by atoms with E-state index in [1.54, 1.807) is 30.1 Å². The second-order valence-electron chi connectivity index (χ2n) is 10.2. The Bertz CT molecular complexity index is 1310. The molecule has 0 aliphatic carbocycles. The Balaban J connectivity index is 1.65. The van der Waals surface area contributed by atoms with Crippen molar-refractivity contribution >= 4 is 23.2 Å². The van der Waals surface area contributed by atoms with E-state index in [9.17, 15) is 14.9 Å². The van der Waals surface area contributed by atoms with Crippen LogP contribution in [0.2, 0.25) is 0 Å². The van der Waals surface area contributed by atoms with E-state index in [-0.39, 0.29) is 36.0 Å². The highest BCUT2D eigenvalue weighted by molar-refractivity contribution is 6.08. The van der Waals surface area contributed by atoms with Gasteiger partial charge in [-0.05, 0) is 42.2 Å². The van der Waals surface area contributed by atoms with Crippen molar-refractivity contribution in [1.29, 1.82) is 10.7 Å². The molecule has 2 heterocycles. The van der Waals surface area contributed by atoms with Crippen LogP contribution in [-0.2, 0) is 12.0 Å². The number of rotatable bonds is 7. The molecule has 2 aliphatic heterocycles. The molecular weight excluding hydrogens is 470 g/mol. The van der Waals surface area contributed by atoms with Crippen molar-refractivity contribution in [1.82, 2.24) is 10.2 Å². The number of nitriles is 1. The van der Waals surface area contributed by atoms with Crippen molar-refractivity contribution < 1.29 is 19.1 Å². The first-order valence-electron chi connectivity index (χ1n) is 12.4. The number of fused-ring (bicyclic) bond motifs is 2. The molecule has 2 aliphatic rings. The Hall–Kier alpha value is -4.06. The first kappa shape index (κ1) is 26.0. The van der Waals surface area contributed by atoms with E-state index in [0.717, 1.165) is 22.6 Å². The van der Waals surface area contributed by atoms with E-state index in [1.807, 2.05) is 17.9 Å². The zero-order valence-corrected chi connectivity index (χ0v) is 22.0. The second-order valence-corrected chi connectivity index (χ2v) is 10.2. The third kappa shape index (κ3) is 4.96. The molecule has 0 spiro atoms. The Kier molecular flexibility index (Phi) is 7.12. The maximum atomic E-state index is 13.6. The molecule has 2 aromatic carbocycles. The average molecular weight is 504 g/mol. The summed E-state index contributed by atoms with van der Waals surface area (Å²) in [6.07, 6.45) is 0. The summed E-state index contributed by atoms with van der Waals surface area (Å²) in [7, 11) is 1.55. The van der Waals surface area contributed by atoms with Gasteiger partial charge < -0.3 is 24.6 Å². The average Bonchev–Trinajstić information content (AvgIpc) is 3.16. The molecule has 2 N–H and O–H groups in total. The number of nitrogens with zero attached hydrogens (tertiary/aromatic N) is 3. The maximum absolute atomic E-state index is 13.6. The van der Waals surface area contributed by atoms with Gasteiger partial charge in [-0.1, -0.05) is 20.8 Å². The fourth-order valence-corrected chi connectivity index (χ4v) is 4.76. The molecule has 0 unspecified atom stereocenters. The number of hydrogen-bond donors (Lipinski definition) is 2. The van der Waals surface area contributed by atoms with Gasteiger partial charge in [-0.3, -0.25) is 15.0 Å². The van der Waals surface area contributed by atoms with E-state index in [2.05, 4.69) is 32.2 Å². The highest BCUT2D eigenvalue weighted by atomic mass is 16.5.